The Balaban J connectivity index is 3.93. The van der Waals surface area contributed by atoms with Crippen LogP contribution < -0.4 is 0 Å². The summed E-state index contributed by atoms with van der Waals surface area (Å²) in [5.41, 5.74) is 3.13. The van der Waals surface area contributed by atoms with Gasteiger partial charge >= 0.3 is 0 Å². The Kier molecular flexibility index (Phi) is 13.1. The Labute approximate surface area is 136 Å². The summed E-state index contributed by atoms with van der Waals surface area (Å²) >= 11 is 0. The summed E-state index contributed by atoms with van der Waals surface area (Å²) in [5, 5.41) is 0. The Morgan fingerprint density at radius 2 is 0.909 bits per heavy atom. The fourth-order valence-corrected chi connectivity index (χ4v) is 1.66. The molecule has 0 aromatic rings. The molecule has 0 bridgehead atoms. The Hall–Kier alpha value is -0.940. The van der Waals surface area contributed by atoms with E-state index in [0.29, 0.717) is 39.6 Å². The largest absolute Gasteiger partial charge is 0.376 e. The number of hydrogen-bond acceptors (Lipinski definition) is 4. The maximum atomic E-state index is 5.56. The van der Waals surface area contributed by atoms with Crippen LogP contribution in [0.5, 0.6) is 0 Å². The van der Waals surface area contributed by atoms with Gasteiger partial charge in [-0.1, -0.05) is 36.5 Å². The third kappa shape index (κ3) is 15.4. The minimum absolute atomic E-state index is 0.617. The molecule has 22 heavy (non-hydrogen) atoms. The van der Waals surface area contributed by atoms with Gasteiger partial charge in [0.2, 0.25) is 0 Å². The molecule has 0 unspecified atom stereocenters. The van der Waals surface area contributed by atoms with Crippen molar-refractivity contribution in [2.75, 3.05) is 59.3 Å². The van der Waals surface area contributed by atoms with Crippen LogP contribution in [0.25, 0.3) is 0 Å². The minimum atomic E-state index is 0.617. The van der Waals surface area contributed by atoms with Gasteiger partial charge in [-0.2, -0.15) is 0 Å². The topological polar surface area (TPSA) is 30.9 Å². The lowest BCUT2D eigenvalue weighted by Crippen LogP contribution is -2.34. The fraction of sp³-hybridized carbons (Fsp3) is 0.667. The molecule has 0 amide bonds. The molecule has 128 valence electrons. The summed E-state index contributed by atoms with van der Waals surface area (Å²) in [7, 11) is 0. The molecule has 0 atom stereocenters. The summed E-state index contributed by atoms with van der Waals surface area (Å²) in [5.74, 6) is 0. The van der Waals surface area contributed by atoms with Gasteiger partial charge in [-0.15, -0.1) is 0 Å². The Morgan fingerprint density at radius 3 is 1.14 bits per heavy atom. The third-order valence-electron chi connectivity index (χ3n) is 2.70. The van der Waals surface area contributed by atoms with Gasteiger partial charge in [0.1, 0.15) is 0 Å². The van der Waals surface area contributed by atoms with Crippen LogP contribution in [0.1, 0.15) is 20.8 Å². The molecule has 0 rings (SSSR count). The zero-order chi connectivity index (χ0) is 16.8. The molecule has 0 radical (unpaired) electrons. The van der Waals surface area contributed by atoms with E-state index in [0.717, 1.165) is 36.4 Å². The van der Waals surface area contributed by atoms with E-state index in [1.807, 2.05) is 20.8 Å². The van der Waals surface area contributed by atoms with Crippen molar-refractivity contribution < 1.29 is 14.2 Å². The molecule has 0 saturated carbocycles. The van der Waals surface area contributed by atoms with Crippen LogP contribution in [0.3, 0.4) is 0 Å². The second kappa shape index (κ2) is 13.7. The number of hydrogen-bond donors (Lipinski definition) is 0. The minimum Gasteiger partial charge on any atom is -0.376 e. The highest BCUT2D eigenvalue weighted by Gasteiger charge is 2.05. The van der Waals surface area contributed by atoms with Crippen molar-refractivity contribution in [1.82, 2.24) is 4.90 Å². The first-order chi connectivity index (χ1) is 10.4. The fourth-order valence-electron chi connectivity index (χ4n) is 1.66. The lowest BCUT2D eigenvalue weighted by atomic mass is 10.4. The van der Waals surface area contributed by atoms with Crippen molar-refractivity contribution in [3.63, 3.8) is 0 Å². The average Bonchev–Trinajstić information content (AvgIpc) is 2.42. The summed E-state index contributed by atoms with van der Waals surface area (Å²) < 4.78 is 16.7. The van der Waals surface area contributed by atoms with Crippen LogP contribution in [0.2, 0.25) is 0 Å². The quantitative estimate of drug-likeness (QED) is 0.343. The number of nitrogens with zero attached hydrogens (tertiary/aromatic N) is 1. The number of ether oxygens (including phenoxy) is 3. The summed E-state index contributed by atoms with van der Waals surface area (Å²) in [6, 6.07) is 0. The second-order valence-electron chi connectivity index (χ2n) is 5.87. The standard InChI is InChI=1S/C18H33NO3/c1-16(2)13-20-10-7-19(8-11-21-14-17(3)4)9-12-22-15-18(5)6/h1,3,5,7-15H2,2,4,6H3. The number of rotatable bonds is 15. The SMILES string of the molecule is C=C(C)COCCN(CCOCC(=C)C)CCOCC(=C)C. The average molecular weight is 311 g/mol. The van der Waals surface area contributed by atoms with Crippen molar-refractivity contribution >= 4 is 0 Å². The molecule has 0 aromatic carbocycles. The molecule has 0 aliphatic rings. The zero-order valence-electron chi connectivity index (χ0n) is 14.7. The first-order valence-electron chi connectivity index (χ1n) is 7.80. The molecule has 0 aliphatic carbocycles. The molecule has 0 aliphatic heterocycles. The van der Waals surface area contributed by atoms with E-state index in [1.165, 1.54) is 0 Å². The highest BCUT2D eigenvalue weighted by molar-refractivity contribution is 4.88. The maximum Gasteiger partial charge on any atom is 0.0672 e. The zero-order valence-corrected chi connectivity index (χ0v) is 14.7. The van der Waals surface area contributed by atoms with Gasteiger partial charge in [-0.3, -0.25) is 4.90 Å². The van der Waals surface area contributed by atoms with Crippen LogP contribution in [0, 0.1) is 0 Å². The lowest BCUT2D eigenvalue weighted by molar-refractivity contribution is 0.0657. The van der Waals surface area contributed by atoms with E-state index < -0.39 is 0 Å². The first kappa shape index (κ1) is 21.1. The van der Waals surface area contributed by atoms with Crippen molar-refractivity contribution in [2.45, 2.75) is 20.8 Å². The van der Waals surface area contributed by atoms with Crippen molar-refractivity contribution in [3.05, 3.63) is 36.5 Å². The molecule has 0 saturated heterocycles. The molecule has 4 nitrogen and oxygen atoms in total. The van der Waals surface area contributed by atoms with Gasteiger partial charge in [0.25, 0.3) is 0 Å². The maximum absolute atomic E-state index is 5.56. The van der Waals surface area contributed by atoms with Crippen molar-refractivity contribution in [2.24, 2.45) is 0 Å². The predicted molar refractivity (Wildman–Crippen MR) is 93.3 cm³/mol. The predicted octanol–water partition coefficient (Wildman–Crippen LogP) is 3.07. The van der Waals surface area contributed by atoms with E-state index in [9.17, 15) is 0 Å². The van der Waals surface area contributed by atoms with Gasteiger partial charge in [0.15, 0.2) is 0 Å². The van der Waals surface area contributed by atoms with Gasteiger partial charge < -0.3 is 14.2 Å². The summed E-state index contributed by atoms with van der Waals surface area (Å²) in [6.45, 7) is 23.9. The third-order valence-corrected chi connectivity index (χ3v) is 2.70. The van der Waals surface area contributed by atoms with Crippen molar-refractivity contribution in [1.29, 1.82) is 0 Å². The first-order valence-corrected chi connectivity index (χ1v) is 7.80. The van der Waals surface area contributed by atoms with Crippen LogP contribution in [-0.2, 0) is 14.2 Å². The van der Waals surface area contributed by atoms with E-state index >= 15 is 0 Å². The van der Waals surface area contributed by atoms with E-state index in [4.69, 9.17) is 14.2 Å². The molecule has 0 heterocycles. The lowest BCUT2D eigenvalue weighted by Gasteiger charge is -2.22. The molecule has 0 spiro atoms. The van der Waals surface area contributed by atoms with E-state index in [2.05, 4.69) is 24.6 Å². The molecular weight excluding hydrogens is 278 g/mol. The Bertz CT molecular complexity index is 287. The van der Waals surface area contributed by atoms with Crippen LogP contribution in [-0.4, -0.2) is 64.2 Å². The normalized spacial score (nSPS) is 10.9. The van der Waals surface area contributed by atoms with Crippen LogP contribution in [0.4, 0.5) is 0 Å². The van der Waals surface area contributed by atoms with Crippen LogP contribution >= 0.6 is 0 Å². The molecule has 0 fully saturated rings. The van der Waals surface area contributed by atoms with Gasteiger partial charge in [0, 0.05) is 19.6 Å². The Morgan fingerprint density at radius 1 is 0.636 bits per heavy atom. The second-order valence-corrected chi connectivity index (χ2v) is 5.87. The highest BCUT2D eigenvalue weighted by atomic mass is 16.5. The van der Waals surface area contributed by atoms with E-state index in [1.54, 1.807) is 0 Å². The monoisotopic (exact) mass is 311 g/mol. The van der Waals surface area contributed by atoms with Crippen LogP contribution in [0.15, 0.2) is 36.5 Å². The molecule has 0 aromatic heterocycles. The molecular formula is C18H33NO3. The highest BCUT2D eigenvalue weighted by Crippen LogP contribution is 1.96. The summed E-state index contributed by atoms with van der Waals surface area (Å²) in [6.07, 6.45) is 0. The van der Waals surface area contributed by atoms with E-state index in [-0.39, 0.29) is 0 Å². The van der Waals surface area contributed by atoms with Crippen molar-refractivity contribution in [3.8, 4) is 0 Å². The van der Waals surface area contributed by atoms with Gasteiger partial charge in [-0.25, -0.2) is 0 Å². The summed E-state index contributed by atoms with van der Waals surface area (Å²) in [4.78, 5) is 2.29. The smallest absolute Gasteiger partial charge is 0.0672 e. The van der Waals surface area contributed by atoms with Gasteiger partial charge in [0.05, 0.1) is 39.6 Å². The molecule has 4 heteroatoms. The molecule has 0 N–H and O–H groups in total. The van der Waals surface area contributed by atoms with Gasteiger partial charge in [-0.05, 0) is 20.8 Å².